The van der Waals surface area contributed by atoms with Crippen molar-refractivity contribution in [2.24, 2.45) is 5.92 Å². The lowest BCUT2D eigenvalue weighted by Crippen LogP contribution is -2.36. The first kappa shape index (κ1) is 18.5. The van der Waals surface area contributed by atoms with Gasteiger partial charge in [-0.15, -0.1) is 0 Å². The van der Waals surface area contributed by atoms with Gasteiger partial charge < -0.3 is 10.1 Å². The third-order valence-electron chi connectivity index (χ3n) is 5.93. The number of anilines is 1. The number of ether oxygens (including phenoxy) is 1. The van der Waals surface area contributed by atoms with Crippen molar-refractivity contribution in [2.75, 3.05) is 5.32 Å². The predicted molar refractivity (Wildman–Crippen MR) is 105 cm³/mol. The molecule has 1 aromatic carbocycles. The summed E-state index contributed by atoms with van der Waals surface area (Å²) >= 11 is 0. The maximum Gasteiger partial charge on any atom is 0.339 e. The van der Waals surface area contributed by atoms with E-state index in [1.807, 2.05) is 0 Å². The molecular formula is C22H19FN4O3. The summed E-state index contributed by atoms with van der Waals surface area (Å²) in [5.41, 5.74) is 1.53. The third-order valence-corrected chi connectivity index (χ3v) is 5.93. The average molecular weight is 406 g/mol. The van der Waals surface area contributed by atoms with Crippen LogP contribution < -0.4 is 5.32 Å². The van der Waals surface area contributed by atoms with E-state index in [0.717, 1.165) is 5.56 Å². The summed E-state index contributed by atoms with van der Waals surface area (Å²) < 4.78 is 21.0. The molecule has 3 heterocycles. The van der Waals surface area contributed by atoms with E-state index in [1.54, 1.807) is 42.9 Å². The van der Waals surface area contributed by atoms with Gasteiger partial charge in [-0.1, -0.05) is 12.1 Å². The number of carbonyl (C=O) groups is 2. The molecule has 1 aliphatic carbocycles. The Morgan fingerprint density at radius 3 is 2.80 bits per heavy atom. The van der Waals surface area contributed by atoms with E-state index in [9.17, 15) is 14.0 Å². The van der Waals surface area contributed by atoms with Crippen molar-refractivity contribution in [1.82, 2.24) is 14.8 Å². The molecule has 5 rings (SSSR count). The largest absolute Gasteiger partial charge is 0.450 e. The van der Waals surface area contributed by atoms with Crippen LogP contribution in [0, 0.1) is 11.7 Å². The Morgan fingerprint density at radius 1 is 1.20 bits per heavy atom. The predicted octanol–water partition coefficient (Wildman–Crippen LogP) is 3.60. The minimum Gasteiger partial charge on any atom is -0.450 e. The molecule has 8 heteroatoms. The van der Waals surface area contributed by atoms with Crippen molar-refractivity contribution in [3.05, 3.63) is 72.1 Å². The standard InChI is InChI=1S/C22H19FN4O3/c23-18-3-1-2-4-19(18)27-13-15(11-25-27)26-20(28)14-5-8-22(9-6-14)17-12-24-10-7-16(17)21(29)30-22/h1-4,7,10-14H,5-6,8-9H2,(H,26,28). The average Bonchev–Trinajstić information content (AvgIpc) is 3.32. The van der Waals surface area contributed by atoms with Gasteiger partial charge in [0.15, 0.2) is 0 Å². The molecule has 1 spiro atoms. The van der Waals surface area contributed by atoms with Gasteiger partial charge in [-0.2, -0.15) is 5.10 Å². The quantitative estimate of drug-likeness (QED) is 0.672. The van der Waals surface area contributed by atoms with Crippen LogP contribution in [-0.2, 0) is 15.1 Å². The lowest BCUT2D eigenvalue weighted by Gasteiger charge is -2.35. The molecule has 30 heavy (non-hydrogen) atoms. The number of benzene rings is 1. The van der Waals surface area contributed by atoms with Gasteiger partial charge in [0, 0.05) is 23.9 Å². The fourth-order valence-electron chi connectivity index (χ4n) is 4.34. The van der Waals surface area contributed by atoms with Crippen LogP contribution in [0.2, 0.25) is 0 Å². The molecule has 2 aromatic heterocycles. The van der Waals surface area contributed by atoms with Gasteiger partial charge in [0.25, 0.3) is 0 Å². The number of nitrogens with zero attached hydrogens (tertiary/aromatic N) is 3. The van der Waals surface area contributed by atoms with E-state index in [4.69, 9.17) is 4.74 Å². The Bertz CT molecular complexity index is 1130. The molecule has 2 aliphatic rings. The van der Waals surface area contributed by atoms with Crippen molar-refractivity contribution in [2.45, 2.75) is 31.3 Å². The van der Waals surface area contributed by atoms with Crippen LogP contribution in [-0.4, -0.2) is 26.6 Å². The molecule has 0 radical (unpaired) electrons. The summed E-state index contributed by atoms with van der Waals surface area (Å²) in [7, 11) is 0. The summed E-state index contributed by atoms with van der Waals surface area (Å²) in [4.78, 5) is 29.1. The first-order valence-corrected chi connectivity index (χ1v) is 9.84. The molecule has 152 valence electrons. The van der Waals surface area contributed by atoms with Gasteiger partial charge in [-0.25, -0.2) is 13.9 Å². The maximum absolute atomic E-state index is 13.9. The van der Waals surface area contributed by atoms with Crippen LogP contribution in [0.5, 0.6) is 0 Å². The van der Waals surface area contributed by atoms with Crippen LogP contribution >= 0.6 is 0 Å². The number of para-hydroxylation sites is 1. The number of halogens is 1. The fourth-order valence-corrected chi connectivity index (χ4v) is 4.34. The molecule has 3 aromatic rings. The van der Waals surface area contributed by atoms with Crippen molar-refractivity contribution in [3.8, 4) is 5.69 Å². The number of carbonyl (C=O) groups excluding carboxylic acids is 2. The van der Waals surface area contributed by atoms with E-state index in [-0.39, 0.29) is 17.8 Å². The lowest BCUT2D eigenvalue weighted by atomic mass is 9.75. The number of fused-ring (bicyclic) bond motifs is 2. The second-order valence-electron chi connectivity index (χ2n) is 7.69. The molecule has 0 unspecified atom stereocenters. The second-order valence-corrected chi connectivity index (χ2v) is 7.69. The first-order chi connectivity index (χ1) is 14.6. The van der Waals surface area contributed by atoms with Crippen LogP contribution in [0.25, 0.3) is 5.69 Å². The molecule has 1 N–H and O–H groups in total. The molecule has 7 nitrogen and oxygen atoms in total. The number of amides is 1. The second kappa shape index (κ2) is 7.05. The molecule has 1 amide bonds. The summed E-state index contributed by atoms with van der Waals surface area (Å²) in [5.74, 6) is -1.03. The number of hydrogen-bond acceptors (Lipinski definition) is 5. The highest BCUT2D eigenvalue weighted by atomic mass is 19.1. The van der Waals surface area contributed by atoms with Crippen LogP contribution in [0.3, 0.4) is 0 Å². The Hall–Kier alpha value is -3.55. The number of nitrogens with one attached hydrogen (secondary N) is 1. The molecule has 1 aliphatic heterocycles. The van der Waals surface area contributed by atoms with Gasteiger partial charge in [-0.05, 0) is 43.9 Å². The van der Waals surface area contributed by atoms with E-state index in [0.29, 0.717) is 42.6 Å². The summed E-state index contributed by atoms with van der Waals surface area (Å²) in [6.45, 7) is 0. The van der Waals surface area contributed by atoms with Gasteiger partial charge in [0.05, 0.1) is 23.6 Å². The van der Waals surface area contributed by atoms with E-state index in [2.05, 4.69) is 15.4 Å². The van der Waals surface area contributed by atoms with E-state index in [1.165, 1.54) is 16.9 Å². The summed E-state index contributed by atoms with van der Waals surface area (Å²) in [6, 6.07) is 7.98. The highest BCUT2D eigenvalue weighted by Crippen LogP contribution is 2.47. The lowest BCUT2D eigenvalue weighted by molar-refractivity contribution is -0.122. The maximum atomic E-state index is 13.9. The molecule has 0 saturated heterocycles. The van der Waals surface area contributed by atoms with Crippen LogP contribution in [0.15, 0.2) is 55.1 Å². The minimum atomic E-state index is -0.673. The van der Waals surface area contributed by atoms with Crippen molar-refractivity contribution in [1.29, 1.82) is 0 Å². The van der Waals surface area contributed by atoms with Crippen LogP contribution in [0.1, 0.15) is 41.6 Å². The van der Waals surface area contributed by atoms with Gasteiger partial charge in [0.2, 0.25) is 5.91 Å². The van der Waals surface area contributed by atoms with Crippen molar-refractivity contribution < 1.29 is 18.7 Å². The molecule has 1 saturated carbocycles. The van der Waals surface area contributed by atoms with Crippen LogP contribution in [0.4, 0.5) is 10.1 Å². The van der Waals surface area contributed by atoms with E-state index >= 15 is 0 Å². The Kier molecular flexibility index (Phi) is 4.34. The van der Waals surface area contributed by atoms with Crippen molar-refractivity contribution >= 4 is 17.6 Å². The van der Waals surface area contributed by atoms with Gasteiger partial charge in [-0.3, -0.25) is 9.78 Å². The topological polar surface area (TPSA) is 86.1 Å². The number of hydrogen-bond donors (Lipinski definition) is 1. The van der Waals surface area contributed by atoms with E-state index < -0.39 is 11.4 Å². The van der Waals surface area contributed by atoms with Gasteiger partial charge in [0.1, 0.15) is 17.1 Å². The molecular weight excluding hydrogens is 387 g/mol. The zero-order valence-electron chi connectivity index (χ0n) is 16.0. The number of rotatable bonds is 3. The SMILES string of the molecule is O=C1OC2(CCC(C(=O)Nc3cnn(-c4ccccc4F)c3)CC2)c2cnccc21. The summed E-state index contributed by atoms with van der Waals surface area (Å²) in [5, 5.41) is 7.00. The first-order valence-electron chi connectivity index (χ1n) is 9.84. The normalized spacial score (nSPS) is 22.6. The highest BCUT2D eigenvalue weighted by molar-refractivity contribution is 5.95. The Morgan fingerprint density at radius 2 is 2.00 bits per heavy atom. The van der Waals surface area contributed by atoms with Crippen molar-refractivity contribution in [3.63, 3.8) is 0 Å². The number of aromatic nitrogens is 3. The smallest absolute Gasteiger partial charge is 0.339 e. The molecule has 0 atom stereocenters. The number of pyridine rings is 1. The minimum absolute atomic E-state index is 0.117. The zero-order chi connectivity index (χ0) is 20.7. The Balaban J connectivity index is 1.25. The zero-order valence-corrected chi connectivity index (χ0v) is 16.0. The fraction of sp³-hybridized carbons (Fsp3) is 0.273. The molecule has 1 fully saturated rings. The highest BCUT2D eigenvalue weighted by Gasteiger charge is 2.48. The third kappa shape index (κ3) is 3.04. The van der Waals surface area contributed by atoms with Gasteiger partial charge >= 0.3 is 5.97 Å². The Labute approximate surface area is 171 Å². The monoisotopic (exact) mass is 406 g/mol. The molecule has 0 bridgehead atoms. The summed E-state index contributed by atoms with van der Waals surface area (Å²) in [6.07, 6.45) is 8.69. The number of esters is 1.